The van der Waals surface area contributed by atoms with Crippen molar-refractivity contribution in [1.29, 1.82) is 0 Å². The fraction of sp³-hybridized carbons (Fsp3) is 1.00. The lowest BCUT2D eigenvalue weighted by Gasteiger charge is -2.11. The van der Waals surface area contributed by atoms with Crippen molar-refractivity contribution in [3.63, 3.8) is 0 Å². The molecule has 0 radical (unpaired) electrons. The first-order valence-electron chi connectivity index (χ1n) is 3.61. The quantitative estimate of drug-likeness (QED) is 0.348. The van der Waals surface area contributed by atoms with Crippen molar-refractivity contribution in [2.75, 3.05) is 19.7 Å². The van der Waals surface area contributed by atoms with Gasteiger partial charge < -0.3 is 16.6 Å². The number of hydrogen-bond donors (Lipinski definition) is 4. The highest BCUT2D eigenvalue weighted by Crippen LogP contribution is 1.87. The van der Waals surface area contributed by atoms with Crippen molar-refractivity contribution in [1.82, 2.24) is 5.32 Å². The van der Waals surface area contributed by atoms with Gasteiger partial charge in [-0.15, -0.1) is 0 Å². The lowest BCUT2D eigenvalue weighted by Crippen LogP contribution is -2.39. The topological polar surface area (TPSA) is 84.3 Å². The van der Waals surface area contributed by atoms with Crippen LogP contribution in [0.1, 0.15) is 12.8 Å². The van der Waals surface area contributed by atoms with Crippen LogP contribution in [-0.2, 0) is 0 Å². The number of hydrogen-bond acceptors (Lipinski definition) is 4. The number of nitrogens with two attached hydrogens (primary N) is 2. The molecule has 62 valence electrons. The van der Waals surface area contributed by atoms with Crippen LogP contribution in [0.3, 0.4) is 0 Å². The summed E-state index contributed by atoms with van der Waals surface area (Å²) in [6, 6.07) is 0. The molecular formula is C6H17N3O. The smallest absolute Gasteiger partial charge is 0.0556 e. The van der Waals surface area contributed by atoms with Crippen molar-refractivity contribution < 1.29 is 5.11 Å². The van der Waals surface area contributed by atoms with E-state index < -0.39 is 0 Å². The molecule has 0 aromatic carbocycles. The van der Waals surface area contributed by atoms with Crippen molar-refractivity contribution >= 4 is 0 Å². The first kappa shape index (κ1) is 9.84. The van der Waals surface area contributed by atoms with E-state index in [9.17, 15) is 0 Å². The fourth-order valence-electron chi connectivity index (χ4n) is 0.690. The van der Waals surface area contributed by atoms with E-state index in [1.165, 1.54) is 0 Å². The molecule has 6 N–H and O–H groups in total. The van der Waals surface area contributed by atoms with Crippen molar-refractivity contribution in [3.8, 4) is 0 Å². The van der Waals surface area contributed by atoms with Crippen molar-refractivity contribution in [3.05, 3.63) is 0 Å². The second-order valence-corrected chi connectivity index (χ2v) is 2.22. The van der Waals surface area contributed by atoms with Gasteiger partial charge in [0, 0.05) is 6.54 Å². The van der Waals surface area contributed by atoms with E-state index in [1.807, 2.05) is 0 Å². The number of nitrogens with one attached hydrogen (secondary N) is 1. The maximum atomic E-state index is 8.40. The Kier molecular flexibility index (Phi) is 6.84. The molecule has 0 aliphatic heterocycles. The zero-order chi connectivity index (χ0) is 7.82. The van der Waals surface area contributed by atoms with Crippen LogP contribution in [0, 0.1) is 0 Å². The molecule has 0 fully saturated rings. The van der Waals surface area contributed by atoms with E-state index >= 15 is 0 Å². The summed E-state index contributed by atoms with van der Waals surface area (Å²) in [7, 11) is 0. The highest BCUT2D eigenvalue weighted by Gasteiger charge is 1.97. The monoisotopic (exact) mass is 147 g/mol. The van der Waals surface area contributed by atoms with Gasteiger partial charge in [0.25, 0.3) is 0 Å². The molecule has 0 heterocycles. The third kappa shape index (κ3) is 5.97. The minimum Gasteiger partial charge on any atom is -0.395 e. The van der Waals surface area contributed by atoms with E-state index in [0.717, 1.165) is 12.8 Å². The van der Waals surface area contributed by atoms with Crippen LogP contribution in [0.25, 0.3) is 0 Å². The summed E-state index contributed by atoms with van der Waals surface area (Å²) in [6.45, 7) is 1.37. The minimum absolute atomic E-state index is 0.0179. The normalized spacial score (nSPS) is 13.5. The Hall–Kier alpha value is -0.160. The molecule has 0 aromatic heterocycles. The summed E-state index contributed by atoms with van der Waals surface area (Å²) in [4.78, 5) is 0. The Morgan fingerprint density at radius 1 is 1.50 bits per heavy atom. The Balaban J connectivity index is 3.00. The molecule has 0 aliphatic carbocycles. The Bertz CT molecular complexity index is 62.0. The highest BCUT2D eigenvalue weighted by molar-refractivity contribution is 4.57. The van der Waals surface area contributed by atoms with Crippen molar-refractivity contribution in [2.45, 2.75) is 19.0 Å². The van der Waals surface area contributed by atoms with Crippen LogP contribution in [-0.4, -0.2) is 31.0 Å². The lowest BCUT2D eigenvalue weighted by atomic mass is 10.2. The summed E-state index contributed by atoms with van der Waals surface area (Å²) in [6.07, 6.45) is 1.78. The molecule has 4 heteroatoms. The summed E-state index contributed by atoms with van der Waals surface area (Å²) in [5.74, 6) is 0. The van der Waals surface area contributed by atoms with Crippen molar-refractivity contribution in [2.24, 2.45) is 11.5 Å². The van der Waals surface area contributed by atoms with Gasteiger partial charge in [-0.25, -0.2) is 0 Å². The second-order valence-electron chi connectivity index (χ2n) is 2.22. The number of rotatable bonds is 6. The second kappa shape index (κ2) is 6.95. The Labute approximate surface area is 61.6 Å². The fourth-order valence-corrected chi connectivity index (χ4v) is 0.690. The first-order valence-corrected chi connectivity index (χ1v) is 3.61. The minimum atomic E-state index is -0.0179. The van der Waals surface area contributed by atoms with Crippen LogP contribution in [0.5, 0.6) is 0 Å². The number of aliphatic hydroxyl groups excluding tert-OH is 1. The Morgan fingerprint density at radius 3 is 2.70 bits per heavy atom. The summed E-state index contributed by atoms with van der Waals surface area (Å²) < 4.78 is 0. The molecule has 1 unspecified atom stereocenters. The summed E-state index contributed by atoms with van der Waals surface area (Å²) in [5, 5.41) is 11.3. The largest absolute Gasteiger partial charge is 0.395 e. The predicted octanol–water partition coefficient (Wildman–Crippen LogP) is -1.41. The molecule has 0 aliphatic rings. The molecule has 0 rings (SSSR count). The maximum absolute atomic E-state index is 8.40. The molecule has 0 amide bonds. The predicted molar refractivity (Wildman–Crippen MR) is 41.4 cm³/mol. The summed E-state index contributed by atoms with van der Waals surface area (Å²) in [5.41, 5.74) is 10.8. The van der Waals surface area contributed by atoms with Gasteiger partial charge in [0.2, 0.25) is 0 Å². The zero-order valence-electron chi connectivity index (χ0n) is 6.21. The van der Waals surface area contributed by atoms with Crippen LogP contribution < -0.4 is 16.8 Å². The molecule has 0 bridgehead atoms. The van der Waals surface area contributed by atoms with E-state index in [2.05, 4.69) is 5.32 Å². The molecular weight excluding hydrogens is 130 g/mol. The summed E-state index contributed by atoms with van der Waals surface area (Å²) >= 11 is 0. The molecule has 4 nitrogen and oxygen atoms in total. The van der Waals surface area contributed by atoms with Gasteiger partial charge in [0.05, 0.1) is 12.8 Å². The van der Waals surface area contributed by atoms with Gasteiger partial charge in [-0.3, -0.25) is 5.32 Å². The zero-order valence-corrected chi connectivity index (χ0v) is 6.21. The molecule has 0 aromatic rings. The lowest BCUT2D eigenvalue weighted by molar-refractivity contribution is 0.282. The van der Waals surface area contributed by atoms with E-state index in [4.69, 9.17) is 16.6 Å². The molecule has 0 saturated carbocycles. The van der Waals surface area contributed by atoms with Gasteiger partial charge in [-0.2, -0.15) is 0 Å². The van der Waals surface area contributed by atoms with Gasteiger partial charge in [0.1, 0.15) is 0 Å². The van der Waals surface area contributed by atoms with Gasteiger partial charge in [-0.1, -0.05) is 0 Å². The molecule has 0 saturated heterocycles. The van der Waals surface area contributed by atoms with E-state index in [0.29, 0.717) is 13.1 Å². The van der Waals surface area contributed by atoms with Crippen LogP contribution in [0.4, 0.5) is 0 Å². The van der Waals surface area contributed by atoms with Crippen LogP contribution in [0.15, 0.2) is 0 Å². The number of aliphatic hydroxyl groups is 1. The standard InChI is InChI=1S/C6H17N3O/c7-3-1-2-6(8)9-4-5-10/h6,9-10H,1-5,7-8H2. The average molecular weight is 147 g/mol. The maximum Gasteiger partial charge on any atom is 0.0556 e. The third-order valence-corrected chi connectivity index (χ3v) is 1.24. The molecule has 10 heavy (non-hydrogen) atoms. The Morgan fingerprint density at radius 2 is 2.20 bits per heavy atom. The van der Waals surface area contributed by atoms with E-state index in [1.54, 1.807) is 0 Å². The SMILES string of the molecule is NCCCC(N)NCCO. The van der Waals surface area contributed by atoms with Gasteiger partial charge in [-0.05, 0) is 19.4 Å². The van der Waals surface area contributed by atoms with Gasteiger partial charge >= 0.3 is 0 Å². The van der Waals surface area contributed by atoms with Gasteiger partial charge in [0.15, 0.2) is 0 Å². The third-order valence-electron chi connectivity index (χ3n) is 1.24. The van der Waals surface area contributed by atoms with Crippen LogP contribution in [0.2, 0.25) is 0 Å². The molecule has 0 spiro atoms. The highest BCUT2D eigenvalue weighted by atomic mass is 16.3. The first-order chi connectivity index (χ1) is 4.81. The van der Waals surface area contributed by atoms with E-state index in [-0.39, 0.29) is 12.8 Å². The average Bonchev–Trinajstić information content (AvgIpc) is 1.97. The molecule has 1 atom stereocenters. The van der Waals surface area contributed by atoms with Crippen LogP contribution >= 0.6 is 0 Å².